The van der Waals surface area contributed by atoms with E-state index in [2.05, 4.69) is 25.1 Å². The van der Waals surface area contributed by atoms with Crippen LogP contribution in [0.5, 0.6) is 0 Å². The van der Waals surface area contributed by atoms with Gasteiger partial charge in [-0.1, -0.05) is 29.8 Å². The number of aryl methyl sites for hydroxylation is 1. The Labute approximate surface area is 99.0 Å². The van der Waals surface area contributed by atoms with Crippen molar-refractivity contribution >= 4 is 17.0 Å². The van der Waals surface area contributed by atoms with Gasteiger partial charge in [-0.25, -0.2) is 0 Å². The standard InChI is InChI=1S/C13H12N2S/c1-8-4-3-5-10(6-8)13-9(2)12(15)11(7-14)16-13/h3-6H,15H2,1-2H3. The van der Waals surface area contributed by atoms with E-state index in [4.69, 9.17) is 11.0 Å². The predicted octanol–water partition coefficient (Wildman–Crippen LogP) is 3.49. The molecule has 0 radical (unpaired) electrons. The highest BCUT2D eigenvalue weighted by molar-refractivity contribution is 7.16. The number of nitrogen functional groups attached to an aromatic ring is 1. The minimum atomic E-state index is 0.606. The van der Waals surface area contributed by atoms with Crippen LogP contribution in [-0.4, -0.2) is 0 Å². The molecule has 0 atom stereocenters. The molecule has 0 aliphatic heterocycles. The van der Waals surface area contributed by atoms with Crippen molar-refractivity contribution in [3.05, 3.63) is 40.3 Å². The van der Waals surface area contributed by atoms with Crippen molar-refractivity contribution in [1.29, 1.82) is 5.26 Å². The van der Waals surface area contributed by atoms with Crippen LogP contribution in [0.3, 0.4) is 0 Å². The molecule has 1 aromatic carbocycles. The third-order valence-corrected chi connectivity index (χ3v) is 3.84. The zero-order valence-corrected chi connectivity index (χ0v) is 10.1. The second-order valence-corrected chi connectivity index (χ2v) is 4.80. The number of nitrogens with two attached hydrogens (primary N) is 1. The first kappa shape index (κ1) is 10.7. The van der Waals surface area contributed by atoms with Crippen LogP contribution in [0.25, 0.3) is 10.4 Å². The molecule has 0 fully saturated rings. The molecule has 0 spiro atoms. The lowest BCUT2D eigenvalue weighted by molar-refractivity contribution is 1.46. The van der Waals surface area contributed by atoms with E-state index in [9.17, 15) is 0 Å². The molecule has 0 unspecified atom stereocenters. The fraction of sp³-hybridized carbons (Fsp3) is 0.154. The maximum Gasteiger partial charge on any atom is 0.128 e. The molecular weight excluding hydrogens is 216 g/mol. The molecule has 0 saturated heterocycles. The van der Waals surface area contributed by atoms with Crippen LogP contribution in [0.4, 0.5) is 5.69 Å². The smallest absolute Gasteiger partial charge is 0.128 e. The van der Waals surface area contributed by atoms with Gasteiger partial charge in [0.2, 0.25) is 0 Å². The molecule has 80 valence electrons. The van der Waals surface area contributed by atoms with Gasteiger partial charge in [0.1, 0.15) is 10.9 Å². The molecule has 0 saturated carbocycles. The van der Waals surface area contributed by atoms with Gasteiger partial charge in [0.15, 0.2) is 0 Å². The molecule has 0 amide bonds. The van der Waals surface area contributed by atoms with Crippen LogP contribution < -0.4 is 5.73 Å². The second kappa shape index (κ2) is 3.99. The fourth-order valence-corrected chi connectivity index (χ4v) is 2.69. The van der Waals surface area contributed by atoms with E-state index >= 15 is 0 Å². The van der Waals surface area contributed by atoms with Crippen LogP contribution in [0.1, 0.15) is 16.0 Å². The van der Waals surface area contributed by atoms with Crippen molar-refractivity contribution < 1.29 is 0 Å². The lowest BCUT2D eigenvalue weighted by Crippen LogP contribution is -1.87. The molecule has 2 aromatic rings. The molecule has 2 nitrogen and oxygen atoms in total. The first-order valence-corrected chi connectivity index (χ1v) is 5.81. The molecule has 3 heteroatoms. The van der Waals surface area contributed by atoms with E-state index in [0.29, 0.717) is 10.6 Å². The summed E-state index contributed by atoms with van der Waals surface area (Å²) in [5.74, 6) is 0. The topological polar surface area (TPSA) is 49.8 Å². The van der Waals surface area contributed by atoms with Crippen molar-refractivity contribution in [3.8, 4) is 16.5 Å². The first-order chi connectivity index (χ1) is 7.63. The Bertz CT molecular complexity index is 576. The summed E-state index contributed by atoms with van der Waals surface area (Å²) in [6.07, 6.45) is 0. The number of nitriles is 1. The van der Waals surface area contributed by atoms with Gasteiger partial charge in [-0.2, -0.15) is 5.26 Å². The summed E-state index contributed by atoms with van der Waals surface area (Å²) in [7, 11) is 0. The van der Waals surface area contributed by atoms with E-state index < -0.39 is 0 Å². The first-order valence-electron chi connectivity index (χ1n) is 4.99. The predicted molar refractivity (Wildman–Crippen MR) is 68.4 cm³/mol. The summed E-state index contributed by atoms with van der Waals surface area (Å²) in [6.45, 7) is 4.02. The summed E-state index contributed by atoms with van der Waals surface area (Å²) in [4.78, 5) is 1.70. The average Bonchev–Trinajstić information content (AvgIpc) is 2.56. The van der Waals surface area contributed by atoms with Gasteiger partial charge < -0.3 is 5.73 Å². The van der Waals surface area contributed by atoms with Crippen LogP contribution >= 0.6 is 11.3 Å². The van der Waals surface area contributed by atoms with Crippen LogP contribution in [-0.2, 0) is 0 Å². The summed E-state index contributed by atoms with van der Waals surface area (Å²) < 4.78 is 0. The Morgan fingerprint density at radius 3 is 2.62 bits per heavy atom. The number of hydrogen-bond acceptors (Lipinski definition) is 3. The molecule has 2 N–H and O–H groups in total. The van der Waals surface area contributed by atoms with Gasteiger partial charge in [0, 0.05) is 4.88 Å². The largest absolute Gasteiger partial charge is 0.397 e. The molecule has 2 rings (SSSR count). The maximum absolute atomic E-state index is 8.94. The number of hydrogen-bond donors (Lipinski definition) is 1. The second-order valence-electron chi connectivity index (χ2n) is 3.78. The number of benzene rings is 1. The maximum atomic E-state index is 8.94. The van der Waals surface area contributed by atoms with Crippen LogP contribution in [0, 0.1) is 25.2 Å². The van der Waals surface area contributed by atoms with Gasteiger partial charge in [0.25, 0.3) is 0 Å². The van der Waals surface area contributed by atoms with Crippen LogP contribution in [0.2, 0.25) is 0 Å². The molecule has 16 heavy (non-hydrogen) atoms. The van der Waals surface area contributed by atoms with E-state index in [1.54, 1.807) is 0 Å². The van der Waals surface area contributed by atoms with E-state index in [1.165, 1.54) is 16.9 Å². The van der Waals surface area contributed by atoms with E-state index in [0.717, 1.165) is 16.0 Å². The van der Waals surface area contributed by atoms with E-state index in [-0.39, 0.29) is 0 Å². The van der Waals surface area contributed by atoms with Crippen molar-refractivity contribution in [2.75, 3.05) is 5.73 Å². The van der Waals surface area contributed by atoms with Gasteiger partial charge >= 0.3 is 0 Å². The minimum absolute atomic E-state index is 0.606. The van der Waals surface area contributed by atoms with Crippen LogP contribution in [0.15, 0.2) is 24.3 Å². The minimum Gasteiger partial charge on any atom is -0.397 e. The van der Waals surface area contributed by atoms with Crippen molar-refractivity contribution in [1.82, 2.24) is 0 Å². The summed E-state index contributed by atoms with van der Waals surface area (Å²) in [5, 5.41) is 8.94. The summed E-state index contributed by atoms with van der Waals surface area (Å²) >= 11 is 1.46. The Kier molecular flexibility index (Phi) is 2.67. The molecule has 1 aromatic heterocycles. The number of thiophene rings is 1. The zero-order valence-electron chi connectivity index (χ0n) is 9.24. The average molecular weight is 228 g/mol. The van der Waals surface area contributed by atoms with E-state index in [1.807, 2.05) is 19.1 Å². The highest BCUT2D eigenvalue weighted by Crippen LogP contribution is 2.37. The lowest BCUT2D eigenvalue weighted by Gasteiger charge is -2.01. The van der Waals surface area contributed by atoms with Crippen molar-refractivity contribution in [2.24, 2.45) is 0 Å². The Hall–Kier alpha value is -1.79. The third kappa shape index (κ3) is 1.68. The third-order valence-electron chi connectivity index (χ3n) is 2.58. The highest BCUT2D eigenvalue weighted by atomic mass is 32.1. The molecular formula is C13H12N2S. The normalized spacial score (nSPS) is 10.1. The number of nitrogens with zero attached hydrogens (tertiary/aromatic N) is 1. The highest BCUT2D eigenvalue weighted by Gasteiger charge is 2.13. The number of rotatable bonds is 1. The van der Waals surface area contributed by atoms with Gasteiger partial charge in [-0.05, 0) is 25.0 Å². The molecule has 0 aliphatic carbocycles. The van der Waals surface area contributed by atoms with Crippen molar-refractivity contribution in [3.63, 3.8) is 0 Å². The summed E-state index contributed by atoms with van der Waals surface area (Å²) in [5.41, 5.74) is 9.84. The van der Waals surface area contributed by atoms with Crippen molar-refractivity contribution in [2.45, 2.75) is 13.8 Å². The zero-order chi connectivity index (χ0) is 11.7. The molecule has 1 heterocycles. The van der Waals surface area contributed by atoms with Gasteiger partial charge in [0.05, 0.1) is 5.69 Å². The Balaban J connectivity index is 2.62. The summed E-state index contributed by atoms with van der Waals surface area (Å²) in [6, 6.07) is 10.4. The molecule has 0 bridgehead atoms. The number of anilines is 1. The fourth-order valence-electron chi connectivity index (χ4n) is 1.67. The SMILES string of the molecule is Cc1cccc(-c2sc(C#N)c(N)c2C)c1. The monoisotopic (exact) mass is 228 g/mol. The lowest BCUT2D eigenvalue weighted by atomic mass is 10.1. The Morgan fingerprint density at radius 2 is 2.06 bits per heavy atom. The van der Waals surface area contributed by atoms with Gasteiger partial charge in [-0.15, -0.1) is 11.3 Å². The van der Waals surface area contributed by atoms with Gasteiger partial charge in [-0.3, -0.25) is 0 Å². The Morgan fingerprint density at radius 1 is 1.31 bits per heavy atom. The molecule has 0 aliphatic rings. The quantitative estimate of drug-likeness (QED) is 0.812.